The fourth-order valence-corrected chi connectivity index (χ4v) is 2.59. The molecule has 2 aromatic rings. The zero-order valence-electron chi connectivity index (χ0n) is 10.4. The zero-order chi connectivity index (χ0) is 13.8. The maximum absolute atomic E-state index is 12.1. The van der Waals surface area contributed by atoms with Gasteiger partial charge in [0.1, 0.15) is 0 Å². The molecule has 0 fully saturated rings. The second-order valence-corrected chi connectivity index (χ2v) is 5.52. The topological polar surface area (TPSA) is 29.1 Å². The average molecular weight is 339 g/mol. The van der Waals surface area contributed by atoms with Gasteiger partial charge in [-0.3, -0.25) is 4.79 Å². The number of hydrogen-bond donors (Lipinski definition) is 1. The molecule has 0 aromatic heterocycles. The number of halogens is 2. The molecular weight excluding hydrogens is 326 g/mol. The van der Waals surface area contributed by atoms with E-state index in [1.807, 2.05) is 43.3 Å². The monoisotopic (exact) mass is 337 g/mol. The quantitative estimate of drug-likeness (QED) is 0.886. The molecule has 0 radical (unpaired) electrons. The van der Waals surface area contributed by atoms with E-state index >= 15 is 0 Å². The lowest BCUT2D eigenvalue weighted by atomic mass is 10.1. The third-order valence-electron chi connectivity index (χ3n) is 2.77. The minimum atomic E-state index is -0.119. The number of nitrogens with one attached hydrogen (secondary N) is 1. The van der Waals surface area contributed by atoms with Crippen LogP contribution in [0.1, 0.15) is 21.5 Å². The molecule has 19 heavy (non-hydrogen) atoms. The highest BCUT2D eigenvalue weighted by molar-refractivity contribution is 9.10. The minimum Gasteiger partial charge on any atom is -0.348 e. The number of rotatable bonds is 3. The van der Waals surface area contributed by atoms with Crippen molar-refractivity contribution < 1.29 is 4.79 Å². The Kier molecular flexibility index (Phi) is 4.61. The molecule has 1 amide bonds. The molecule has 0 bridgehead atoms. The molecule has 2 aromatic carbocycles. The summed E-state index contributed by atoms with van der Waals surface area (Å²) in [4.78, 5) is 12.1. The lowest BCUT2D eigenvalue weighted by molar-refractivity contribution is 0.0950. The first-order chi connectivity index (χ1) is 9.08. The Balaban J connectivity index is 2.08. The van der Waals surface area contributed by atoms with Gasteiger partial charge in [-0.25, -0.2) is 0 Å². The Hall–Kier alpha value is -1.32. The summed E-state index contributed by atoms with van der Waals surface area (Å²) >= 11 is 9.45. The van der Waals surface area contributed by atoms with Crippen LogP contribution < -0.4 is 5.32 Å². The zero-order valence-corrected chi connectivity index (χ0v) is 12.8. The van der Waals surface area contributed by atoms with Crippen molar-refractivity contribution >= 4 is 33.4 Å². The molecule has 1 N–H and O–H groups in total. The Morgan fingerprint density at radius 1 is 1.26 bits per heavy atom. The van der Waals surface area contributed by atoms with Crippen LogP contribution in [0.25, 0.3) is 0 Å². The second kappa shape index (κ2) is 6.22. The van der Waals surface area contributed by atoms with Gasteiger partial charge in [-0.05, 0) is 52.2 Å². The van der Waals surface area contributed by atoms with Crippen molar-refractivity contribution in [2.45, 2.75) is 13.5 Å². The van der Waals surface area contributed by atoms with Crippen LogP contribution >= 0.6 is 27.5 Å². The van der Waals surface area contributed by atoms with E-state index in [2.05, 4.69) is 21.2 Å². The number of carbonyl (C=O) groups is 1. The summed E-state index contributed by atoms with van der Waals surface area (Å²) < 4.78 is 0.796. The van der Waals surface area contributed by atoms with Crippen LogP contribution in [-0.4, -0.2) is 5.91 Å². The van der Waals surface area contributed by atoms with E-state index in [9.17, 15) is 4.79 Å². The van der Waals surface area contributed by atoms with Crippen LogP contribution in [0.15, 0.2) is 46.9 Å². The number of aryl methyl sites for hydroxylation is 1. The van der Waals surface area contributed by atoms with Gasteiger partial charge in [-0.1, -0.05) is 35.9 Å². The third kappa shape index (κ3) is 3.58. The van der Waals surface area contributed by atoms with Crippen molar-refractivity contribution in [1.82, 2.24) is 5.32 Å². The first-order valence-corrected chi connectivity index (χ1v) is 7.03. The molecule has 0 atom stereocenters. The summed E-state index contributed by atoms with van der Waals surface area (Å²) in [5, 5.41) is 3.52. The summed E-state index contributed by atoms with van der Waals surface area (Å²) in [6.07, 6.45) is 0. The van der Waals surface area contributed by atoms with Crippen molar-refractivity contribution in [2.75, 3.05) is 0 Å². The van der Waals surface area contributed by atoms with Gasteiger partial charge in [0, 0.05) is 16.0 Å². The highest BCUT2D eigenvalue weighted by Crippen LogP contribution is 2.19. The van der Waals surface area contributed by atoms with Gasteiger partial charge in [0.05, 0.1) is 5.56 Å². The number of amides is 1. The molecule has 0 saturated heterocycles. The summed E-state index contributed by atoms with van der Waals surface area (Å²) in [6.45, 7) is 2.40. The van der Waals surface area contributed by atoms with Crippen molar-refractivity contribution in [1.29, 1.82) is 0 Å². The molecule has 0 unspecified atom stereocenters. The minimum absolute atomic E-state index is 0.119. The number of benzene rings is 2. The van der Waals surface area contributed by atoms with Gasteiger partial charge in [0.15, 0.2) is 0 Å². The molecule has 0 aliphatic carbocycles. The van der Waals surface area contributed by atoms with Gasteiger partial charge in [-0.2, -0.15) is 0 Å². The molecule has 0 spiro atoms. The van der Waals surface area contributed by atoms with E-state index in [1.165, 1.54) is 0 Å². The lowest BCUT2D eigenvalue weighted by Crippen LogP contribution is -2.23. The van der Waals surface area contributed by atoms with Gasteiger partial charge >= 0.3 is 0 Å². The molecule has 4 heteroatoms. The Labute approximate surface area is 125 Å². The highest BCUT2D eigenvalue weighted by Gasteiger charge is 2.10. The van der Waals surface area contributed by atoms with Crippen molar-refractivity contribution in [3.05, 3.63) is 68.7 Å². The van der Waals surface area contributed by atoms with E-state index in [4.69, 9.17) is 11.6 Å². The van der Waals surface area contributed by atoms with Gasteiger partial charge < -0.3 is 5.32 Å². The predicted octanol–water partition coefficient (Wildman–Crippen LogP) is 4.34. The van der Waals surface area contributed by atoms with E-state index in [0.717, 1.165) is 15.6 Å². The van der Waals surface area contributed by atoms with Crippen LogP contribution in [0.3, 0.4) is 0 Å². The van der Waals surface area contributed by atoms with E-state index in [-0.39, 0.29) is 5.91 Å². The van der Waals surface area contributed by atoms with Gasteiger partial charge in [-0.15, -0.1) is 0 Å². The fourth-order valence-electron chi connectivity index (χ4n) is 1.72. The van der Waals surface area contributed by atoms with Crippen molar-refractivity contribution in [2.24, 2.45) is 0 Å². The largest absolute Gasteiger partial charge is 0.348 e. The molecular formula is C15H13BrClNO. The lowest BCUT2D eigenvalue weighted by Gasteiger charge is -2.08. The maximum atomic E-state index is 12.1. The van der Waals surface area contributed by atoms with Crippen LogP contribution in [0.4, 0.5) is 0 Å². The fraction of sp³-hybridized carbons (Fsp3) is 0.133. The molecule has 2 rings (SSSR count). The van der Waals surface area contributed by atoms with Crippen molar-refractivity contribution in [3.63, 3.8) is 0 Å². The SMILES string of the molecule is Cc1ccc(C(=O)NCc2ccccc2Cl)c(Br)c1. The molecule has 0 aliphatic heterocycles. The Morgan fingerprint density at radius 3 is 2.68 bits per heavy atom. The van der Waals surface area contributed by atoms with Crippen LogP contribution in [0.2, 0.25) is 5.02 Å². The maximum Gasteiger partial charge on any atom is 0.252 e. The smallest absolute Gasteiger partial charge is 0.252 e. The first kappa shape index (κ1) is 14.1. The van der Waals surface area contributed by atoms with Crippen LogP contribution in [0, 0.1) is 6.92 Å². The molecule has 98 valence electrons. The normalized spacial score (nSPS) is 10.3. The number of carbonyl (C=O) groups excluding carboxylic acids is 1. The molecule has 0 heterocycles. The molecule has 0 aliphatic rings. The molecule has 0 saturated carbocycles. The van der Waals surface area contributed by atoms with Crippen LogP contribution in [-0.2, 0) is 6.54 Å². The summed E-state index contributed by atoms with van der Waals surface area (Å²) in [7, 11) is 0. The Bertz CT molecular complexity index is 613. The summed E-state index contributed by atoms with van der Waals surface area (Å²) in [5.74, 6) is -0.119. The average Bonchev–Trinajstić information content (AvgIpc) is 2.37. The van der Waals surface area contributed by atoms with E-state index in [1.54, 1.807) is 6.07 Å². The third-order valence-corrected chi connectivity index (χ3v) is 3.79. The highest BCUT2D eigenvalue weighted by atomic mass is 79.9. The summed E-state index contributed by atoms with van der Waals surface area (Å²) in [6, 6.07) is 13.1. The standard InChI is InChI=1S/C15H13BrClNO/c1-10-6-7-12(13(16)8-10)15(19)18-9-11-4-2-3-5-14(11)17/h2-8H,9H2,1H3,(H,18,19). The van der Waals surface area contributed by atoms with E-state index in [0.29, 0.717) is 17.1 Å². The van der Waals surface area contributed by atoms with E-state index < -0.39 is 0 Å². The second-order valence-electron chi connectivity index (χ2n) is 4.26. The van der Waals surface area contributed by atoms with Gasteiger partial charge in [0.25, 0.3) is 5.91 Å². The number of hydrogen-bond acceptors (Lipinski definition) is 1. The van der Waals surface area contributed by atoms with Crippen molar-refractivity contribution in [3.8, 4) is 0 Å². The van der Waals surface area contributed by atoms with Gasteiger partial charge in [0.2, 0.25) is 0 Å². The first-order valence-electron chi connectivity index (χ1n) is 5.85. The summed E-state index contributed by atoms with van der Waals surface area (Å²) in [5.41, 5.74) is 2.63. The molecule has 2 nitrogen and oxygen atoms in total. The predicted molar refractivity (Wildman–Crippen MR) is 81.5 cm³/mol. The van der Waals surface area contributed by atoms with Crippen LogP contribution in [0.5, 0.6) is 0 Å². The Morgan fingerprint density at radius 2 is 2.00 bits per heavy atom.